The summed E-state index contributed by atoms with van der Waals surface area (Å²) in [5, 5.41) is 2.12. The van der Waals surface area contributed by atoms with Crippen LogP contribution in [0.25, 0.3) is 10.1 Å². The minimum absolute atomic E-state index is 0.166. The first kappa shape index (κ1) is 16.9. The van der Waals surface area contributed by atoms with Crippen molar-refractivity contribution >= 4 is 43.8 Å². The Balaban J connectivity index is 2.18. The van der Waals surface area contributed by atoms with Gasteiger partial charge in [0.1, 0.15) is 0 Å². The quantitative estimate of drug-likeness (QED) is 0.619. The average molecular weight is 359 g/mol. The number of halogens is 1. The van der Waals surface area contributed by atoms with Gasteiger partial charge in [0.2, 0.25) is 0 Å². The zero-order valence-corrected chi connectivity index (χ0v) is 15.5. The number of aryl methyl sites for hydroxylation is 2. The average Bonchev–Trinajstić information content (AvgIpc) is 2.54. The second kappa shape index (κ2) is 6.91. The molecule has 0 unspecified atom stereocenters. The molecule has 0 radical (unpaired) electrons. The maximum atomic E-state index is 12.5. The van der Waals surface area contributed by atoms with Crippen molar-refractivity contribution in [1.82, 2.24) is 4.98 Å². The van der Waals surface area contributed by atoms with Crippen molar-refractivity contribution < 1.29 is 0 Å². The van der Waals surface area contributed by atoms with Crippen LogP contribution in [0.3, 0.4) is 0 Å². The maximum Gasteiger partial charge on any atom is 0.281 e. The molecule has 24 heavy (non-hydrogen) atoms. The molecule has 0 atom stereocenters. The minimum Gasteiger partial charge on any atom is -0.318 e. The highest BCUT2D eigenvalue weighted by atomic mass is 35.5. The van der Waals surface area contributed by atoms with Gasteiger partial charge in [-0.2, -0.15) is 4.98 Å². The van der Waals surface area contributed by atoms with Gasteiger partial charge in [0.15, 0.2) is 5.13 Å². The maximum absolute atomic E-state index is 12.5. The van der Waals surface area contributed by atoms with E-state index in [1.807, 2.05) is 44.2 Å². The van der Waals surface area contributed by atoms with Crippen molar-refractivity contribution in [2.75, 3.05) is 11.4 Å². The van der Waals surface area contributed by atoms with Gasteiger partial charge in [-0.25, -0.2) is 0 Å². The summed E-state index contributed by atoms with van der Waals surface area (Å²) in [4.78, 5) is 19.0. The van der Waals surface area contributed by atoms with E-state index < -0.39 is 0 Å². The predicted octanol–water partition coefficient (Wildman–Crippen LogP) is 5.47. The molecule has 1 aromatic heterocycles. The number of rotatable bonds is 4. The topological polar surface area (TPSA) is 33.2 Å². The molecule has 124 valence electrons. The first-order chi connectivity index (χ1) is 11.5. The summed E-state index contributed by atoms with van der Waals surface area (Å²) in [6, 6.07) is 11.7. The lowest BCUT2D eigenvalue weighted by Crippen LogP contribution is -2.21. The van der Waals surface area contributed by atoms with Crippen LogP contribution in [0.15, 0.2) is 41.2 Å². The number of anilines is 2. The smallest absolute Gasteiger partial charge is 0.281 e. The molecule has 3 nitrogen and oxygen atoms in total. The fraction of sp³-hybridized carbons (Fsp3) is 0.263. The Kier molecular flexibility index (Phi) is 4.88. The predicted molar refractivity (Wildman–Crippen MR) is 104 cm³/mol. The zero-order chi connectivity index (χ0) is 17.3. The van der Waals surface area contributed by atoms with E-state index in [4.69, 9.17) is 11.6 Å². The summed E-state index contributed by atoms with van der Waals surface area (Å²) in [5.41, 5.74) is 3.03. The van der Waals surface area contributed by atoms with Gasteiger partial charge in [-0.3, -0.25) is 4.79 Å². The third kappa shape index (κ3) is 3.30. The van der Waals surface area contributed by atoms with Crippen LogP contribution in [0.5, 0.6) is 0 Å². The zero-order valence-electron chi connectivity index (χ0n) is 14.0. The molecular formula is C19H19ClN2OS. The van der Waals surface area contributed by atoms with Crippen molar-refractivity contribution in [1.29, 1.82) is 0 Å². The number of hydrogen-bond donors (Lipinski definition) is 0. The van der Waals surface area contributed by atoms with Crippen molar-refractivity contribution in [3.63, 3.8) is 0 Å². The second-order valence-electron chi connectivity index (χ2n) is 5.89. The normalized spacial score (nSPS) is 11.0. The van der Waals surface area contributed by atoms with Crippen LogP contribution in [0.1, 0.15) is 24.5 Å². The molecule has 0 aliphatic heterocycles. The van der Waals surface area contributed by atoms with E-state index >= 15 is 0 Å². The largest absolute Gasteiger partial charge is 0.318 e. The number of fused-ring (bicyclic) bond motifs is 1. The highest BCUT2D eigenvalue weighted by molar-refractivity contribution is 7.22. The number of nitrogens with zero attached hydrogens (tertiary/aromatic N) is 2. The van der Waals surface area contributed by atoms with Gasteiger partial charge in [0.25, 0.3) is 5.56 Å². The Morgan fingerprint density at radius 2 is 1.88 bits per heavy atom. The summed E-state index contributed by atoms with van der Waals surface area (Å²) < 4.78 is 1.01. The highest BCUT2D eigenvalue weighted by Gasteiger charge is 2.15. The highest BCUT2D eigenvalue weighted by Crippen LogP contribution is 2.32. The summed E-state index contributed by atoms with van der Waals surface area (Å²) in [6.07, 6.45) is 0.954. The summed E-state index contributed by atoms with van der Waals surface area (Å²) >= 11 is 7.56. The first-order valence-corrected chi connectivity index (χ1v) is 9.14. The monoisotopic (exact) mass is 358 g/mol. The van der Waals surface area contributed by atoms with Gasteiger partial charge < -0.3 is 4.90 Å². The Morgan fingerprint density at radius 1 is 1.17 bits per heavy atom. The van der Waals surface area contributed by atoms with E-state index in [0.717, 1.165) is 39.6 Å². The van der Waals surface area contributed by atoms with Gasteiger partial charge in [0.05, 0.1) is 5.39 Å². The lowest BCUT2D eigenvalue weighted by molar-refractivity contribution is 0.878. The summed E-state index contributed by atoms with van der Waals surface area (Å²) in [7, 11) is 0. The van der Waals surface area contributed by atoms with E-state index in [2.05, 4.69) is 22.9 Å². The second-order valence-corrected chi connectivity index (χ2v) is 7.30. The van der Waals surface area contributed by atoms with Crippen LogP contribution in [0, 0.1) is 13.8 Å². The van der Waals surface area contributed by atoms with Crippen molar-refractivity contribution in [2.24, 2.45) is 0 Å². The Hall–Kier alpha value is -1.91. The van der Waals surface area contributed by atoms with Gasteiger partial charge in [-0.1, -0.05) is 35.9 Å². The molecule has 0 aliphatic carbocycles. The van der Waals surface area contributed by atoms with E-state index in [0.29, 0.717) is 10.4 Å². The van der Waals surface area contributed by atoms with Gasteiger partial charge in [-0.15, -0.1) is 0 Å². The van der Waals surface area contributed by atoms with E-state index in [1.54, 1.807) is 11.3 Å². The van der Waals surface area contributed by atoms with Gasteiger partial charge in [0, 0.05) is 22.0 Å². The number of benzene rings is 2. The van der Waals surface area contributed by atoms with E-state index in [-0.39, 0.29) is 5.56 Å². The Labute approximate surface area is 150 Å². The molecular weight excluding hydrogens is 340 g/mol. The fourth-order valence-corrected chi connectivity index (χ4v) is 4.03. The van der Waals surface area contributed by atoms with Gasteiger partial charge >= 0.3 is 0 Å². The Bertz CT molecular complexity index is 934. The molecule has 0 saturated carbocycles. The standard InChI is InChI=1S/C19H19ClN2OS/c1-4-9-22(15-7-5-14(20)6-8-15)19-21-18(23)16-11-12(2)10-13(3)17(16)24-19/h5-8,10-11H,4,9H2,1-3H3. The SMILES string of the molecule is CCCN(c1ccc(Cl)cc1)c1nc(=O)c2cc(C)cc(C)c2s1. The lowest BCUT2D eigenvalue weighted by atomic mass is 10.1. The number of aromatic nitrogens is 1. The molecule has 0 fully saturated rings. The molecule has 1 heterocycles. The van der Waals surface area contributed by atoms with Crippen molar-refractivity contribution in [2.45, 2.75) is 27.2 Å². The van der Waals surface area contributed by atoms with E-state index in [1.165, 1.54) is 0 Å². The minimum atomic E-state index is -0.166. The molecule has 2 aromatic carbocycles. The summed E-state index contributed by atoms with van der Waals surface area (Å²) in [5.74, 6) is 0. The molecule has 0 bridgehead atoms. The van der Waals surface area contributed by atoms with Crippen LogP contribution in [0.4, 0.5) is 10.8 Å². The third-order valence-corrected chi connectivity index (χ3v) is 5.35. The summed E-state index contributed by atoms with van der Waals surface area (Å²) in [6.45, 7) is 6.95. The van der Waals surface area contributed by atoms with Crippen LogP contribution < -0.4 is 10.5 Å². The van der Waals surface area contributed by atoms with Crippen LogP contribution in [-0.2, 0) is 0 Å². The lowest BCUT2D eigenvalue weighted by Gasteiger charge is -2.22. The first-order valence-electron chi connectivity index (χ1n) is 7.95. The van der Waals surface area contributed by atoms with E-state index in [9.17, 15) is 4.79 Å². The molecule has 0 N–H and O–H groups in total. The van der Waals surface area contributed by atoms with Crippen LogP contribution >= 0.6 is 22.9 Å². The molecule has 0 aliphatic rings. The number of hydrogen-bond acceptors (Lipinski definition) is 4. The van der Waals surface area contributed by atoms with Crippen molar-refractivity contribution in [3.8, 4) is 0 Å². The van der Waals surface area contributed by atoms with Crippen LogP contribution in [-0.4, -0.2) is 11.5 Å². The molecule has 0 spiro atoms. The third-order valence-electron chi connectivity index (χ3n) is 3.86. The molecule has 5 heteroatoms. The molecule has 3 aromatic rings. The Morgan fingerprint density at radius 3 is 2.54 bits per heavy atom. The molecule has 0 saturated heterocycles. The molecule has 3 rings (SSSR count). The fourth-order valence-electron chi connectivity index (χ4n) is 2.81. The van der Waals surface area contributed by atoms with Gasteiger partial charge in [-0.05, 0) is 61.7 Å². The van der Waals surface area contributed by atoms with Crippen molar-refractivity contribution in [3.05, 3.63) is 62.9 Å². The van der Waals surface area contributed by atoms with Crippen LogP contribution in [0.2, 0.25) is 5.02 Å². The molecule has 0 amide bonds.